The maximum atomic E-state index is 10.3. The van der Waals surface area contributed by atoms with Crippen LogP contribution in [0.4, 0.5) is 11.8 Å². The molecule has 0 unspecified atom stereocenters. The fourth-order valence-electron chi connectivity index (χ4n) is 3.00. The maximum absolute atomic E-state index is 10.3. The Balaban J connectivity index is 1.61. The van der Waals surface area contributed by atoms with Gasteiger partial charge in [-0.25, -0.2) is 10.4 Å². The van der Waals surface area contributed by atoms with Gasteiger partial charge in [-0.3, -0.25) is 4.57 Å². The molecular weight excluding hydrogens is 402 g/mol. The second kappa shape index (κ2) is 7.89. The highest BCUT2D eigenvalue weighted by Crippen LogP contribution is 2.32. The number of fused-ring (bicyclic) bond motifs is 1. The highest BCUT2D eigenvalue weighted by molar-refractivity contribution is 6.30. The van der Waals surface area contributed by atoms with Crippen LogP contribution in [0, 0.1) is 0 Å². The lowest BCUT2D eigenvalue weighted by atomic mass is 10.1. The topological polar surface area (TPSA) is 164 Å². The first-order chi connectivity index (χ1) is 14.0. The van der Waals surface area contributed by atoms with E-state index in [4.69, 9.17) is 22.1 Å². The van der Waals surface area contributed by atoms with Crippen molar-refractivity contribution in [3.63, 3.8) is 0 Å². The number of anilines is 2. The summed E-state index contributed by atoms with van der Waals surface area (Å²) in [6, 6.07) is 7.07. The molecular formula is C17H18ClN7O4. The van der Waals surface area contributed by atoms with E-state index < -0.39 is 31.1 Å². The first-order valence-corrected chi connectivity index (χ1v) is 9.03. The lowest BCUT2D eigenvalue weighted by Crippen LogP contribution is -2.33. The minimum absolute atomic E-state index is 0.102. The highest BCUT2D eigenvalue weighted by atomic mass is 35.5. The SMILES string of the molecule is Nc1nc(N/N=C/c2ccc(Cl)cc2)nc2c1ncn2[C@@H]1O[C@H](CO)[C@@H](O)[C@H]1O. The van der Waals surface area contributed by atoms with Gasteiger partial charge in [0.25, 0.3) is 0 Å². The number of hydrazone groups is 1. The van der Waals surface area contributed by atoms with Gasteiger partial charge in [-0.15, -0.1) is 0 Å². The Kier molecular flexibility index (Phi) is 5.30. The van der Waals surface area contributed by atoms with Crippen LogP contribution in [0.3, 0.4) is 0 Å². The number of benzene rings is 1. The average molecular weight is 420 g/mol. The number of nitrogens with one attached hydrogen (secondary N) is 1. The molecule has 6 N–H and O–H groups in total. The fraction of sp³-hybridized carbons (Fsp3) is 0.294. The zero-order valence-corrected chi connectivity index (χ0v) is 15.7. The molecule has 0 bridgehead atoms. The molecule has 0 amide bonds. The van der Waals surface area contributed by atoms with Crippen molar-refractivity contribution in [3.8, 4) is 0 Å². The van der Waals surface area contributed by atoms with Crippen molar-refractivity contribution in [1.29, 1.82) is 0 Å². The van der Waals surface area contributed by atoms with E-state index in [9.17, 15) is 15.3 Å². The van der Waals surface area contributed by atoms with Crippen LogP contribution in [-0.4, -0.2) is 66.0 Å². The molecule has 0 radical (unpaired) electrons. The second-order valence-electron chi connectivity index (χ2n) is 6.41. The Hall–Kier alpha value is -2.83. The fourth-order valence-corrected chi connectivity index (χ4v) is 3.12. The quantitative estimate of drug-likeness (QED) is 0.285. The molecule has 1 fully saturated rings. The summed E-state index contributed by atoms with van der Waals surface area (Å²) in [4.78, 5) is 12.6. The van der Waals surface area contributed by atoms with Crippen molar-refractivity contribution in [1.82, 2.24) is 19.5 Å². The number of imidazole rings is 1. The normalized spacial score (nSPS) is 24.6. The molecule has 3 aromatic rings. The van der Waals surface area contributed by atoms with Crippen molar-refractivity contribution < 1.29 is 20.1 Å². The van der Waals surface area contributed by atoms with Crippen molar-refractivity contribution in [3.05, 3.63) is 41.2 Å². The summed E-state index contributed by atoms with van der Waals surface area (Å²) < 4.78 is 6.95. The first kappa shape index (κ1) is 19.5. The van der Waals surface area contributed by atoms with Gasteiger partial charge in [0.05, 0.1) is 19.1 Å². The molecule has 3 heterocycles. The number of nitrogens with zero attached hydrogens (tertiary/aromatic N) is 5. The number of hydrogen-bond donors (Lipinski definition) is 5. The van der Waals surface area contributed by atoms with Crippen LogP contribution in [0.2, 0.25) is 5.02 Å². The summed E-state index contributed by atoms with van der Waals surface area (Å²) in [5, 5.41) is 34.2. The lowest BCUT2D eigenvalue weighted by Gasteiger charge is -2.16. The minimum Gasteiger partial charge on any atom is -0.394 e. The Morgan fingerprint density at radius 2 is 2.00 bits per heavy atom. The molecule has 1 aliphatic heterocycles. The summed E-state index contributed by atoms with van der Waals surface area (Å²) in [6.45, 7) is -0.440. The third-order valence-corrected chi connectivity index (χ3v) is 4.74. The molecule has 1 saturated heterocycles. The van der Waals surface area contributed by atoms with Crippen molar-refractivity contribution >= 4 is 40.7 Å². The van der Waals surface area contributed by atoms with Crippen molar-refractivity contribution in [2.24, 2.45) is 5.10 Å². The van der Waals surface area contributed by atoms with E-state index in [1.807, 2.05) is 0 Å². The molecule has 29 heavy (non-hydrogen) atoms. The van der Waals surface area contributed by atoms with Crippen LogP contribution in [0.5, 0.6) is 0 Å². The molecule has 2 aromatic heterocycles. The number of ether oxygens (including phenoxy) is 1. The van der Waals surface area contributed by atoms with Gasteiger partial charge in [-0.1, -0.05) is 23.7 Å². The van der Waals surface area contributed by atoms with Crippen LogP contribution in [0.15, 0.2) is 35.7 Å². The van der Waals surface area contributed by atoms with Crippen molar-refractivity contribution in [2.75, 3.05) is 17.8 Å². The van der Waals surface area contributed by atoms with Gasteiger partial charge in [-0.2, -0.15) is 15.1 Å². The molecule has 11 nitrogen and oxygen atoms in total. The third kappa shape index (κ3) is 3.73. The molecule has 0 saturated carbocycles. The summed E-state index contributed by atoms with van der Waals surface area (Å²) >= 11 is 5.85. The molecule has 0 spiro atoms. The number of aliphatic hydroxyl groups is 3. The number of hydrogen-bond acceptors (Lipinski definition) is 10. The van der Waals surface area contributed by atoms with E-state index in [1.165, 1.54) is 10.9 Å². The number of aromatic nitrogens is 4. The van der Waals surface area contributed by atoms with Gasteiger partial charge in [0, 0.05) is 5.02 Å². The lowest BCUT2D eigenvalue weighted by molar-refractivity contribution is -0.0511. The van der Waals surface area contributed by atoms with Gasteiger partial charge in [-0.05, 0) is 17.7 Å². The number of rotatable bonds is 5. The standard InChI is InChI=1S/C17H18ClN7O4/c18-9-3-1-8(2-4-9)5-21-24-17-22-14(19)11-15(23-17)25(7-20-11)16-13(28)12(27)10(6-26)29-16/h1-5,7,10,12-13,16,26-28H,6H2,(H3,19,22,23,24)/b21-5+/t10-,12-,13-,16-/m1/s1. The zero-order valence-electron chi connectivity index (χ0n) is 14.9. The largest absolute Gasteiger partial charge is 0.394 e. The molecule has 4 atom stereocenters. The average Bonchev–Trinajstić information content (AvgIpc) is 3.25. The Bertz CT molecular complexity index is 1040. The minimum atomic E-state index is -1.28. The Morgan fingerprint density at radius 3 is 2.69 bits per heavy atom. The van der Waals surface area contributed by atoms with Gasteiger partial charge in [0.1, 0.15) is 23.8 Å². The van der Waals surface area contributed by atoms with Crippen LogP contribution in [0.1, 0.15) is 11.8 Å². The molecule has 1 aromatic carbocycles. The monoisotopic (exact) mass is 419 g/mol. The molecule has 152 valence electrons. The number of halogens is 1. The van der Waals surface area contributed by atoms with Gasteiger partial charge >= 0.3 is 0 Å². The summed E-state index contributed by atoms with van der Waals surface area (Å²) in [5.41, 5.74) is 10.0. The summed E-state index contributed by atoms with van der Waals surface area (Å²) in [7, 11) is 0. The zero-order chi connectivity index (χ0) is 20.5. The van der Waals surface area contributed by atoms with Crippen LogP contribution in [0.25, 0.3) is 11.2 Å². The third-order valence-electron chi connectivity index (χ3n) is 4.49. The van der Waals surface area contributed by atoms with E-state index in [1.54, 1.807) is 30.5 Å². The van der Waals surface area contributed by atoms with Gasteiger partial charge < -0.3 is 25.8 Å². The second-order valence-corrected chi connectivity index (χ2v) is 6.84. The Morgan fingerprint density at radius 1 is 1.24 bits per heavy atom. The molecule has 1 aliphatic rings. The predicted octanol–water partition coefficient (Wildman–Crippen LogP) is 0.119. The van der Waals surface area contributed by atoms with Gasteiger partial charge in [0.15, 0.2) is 17.7 Å². The molecule has 0 aliphatic carbocycles. The first-order valence-electron chi connectivity index (χ1n) is 8.65. The van der Waals surface area contributed by atoms with E-state index >= 15 is 0 Å². The van der Waals surface area contributed by atoms with Crippen LogP contribution in [-0.2, 0) is 4.74 Å². The summed E-state index contributed by atoms with van der Waals surface area (Å²) in [6.07, 6.45) is -1.51. The van der Waals surface area contributed by atoms with E-state index in [2.05, 4.69) is 25.5 Å². The Labute approximate surface area is 169 Å². The van der Waals surface area contributed by atoms with E-state index in [-0.39, 0.29) is 17.4 Å². The maximum Gasteiger partial charge on any atom is 0.247 e. The highest BCUT2D eigenvalue weighted by Gasteiger charge is 2.44. The van der Waals surface area contributed by atoms with Gasteiger partial charge in [0.2, 0.25) is 5.95 Å². The molecule has 12 heteroatoms. The number of nitrogen functional groups attached to an aromatic ring is 1. The predicted molar refractivity (Wildman–Crippen MR) is 105 cm³/mol. The number of aliphatic hydroxyl groups excluding tert-OH is 3. The van der Waals surface area contributed by atoms with Crippen molar-refractivity contribution in [2.45, 2.75) is 24.5 Å². The van der Waals surface area contributed by atoms with Crippen LogP contribution >= 0.6 is 11.6 Å². The number of nitrogens with two attached hydrogens (primary N) is 1. The van der Waals surface area contributed by atoms with E-state index in [0.29, 0.717) is 10.5 Å². The summed E-state index contributed by atoms with van der Waals surface area (Å²) in [5.74, 6) is 0.207. The van der Waals surface area contributed by atoms with Crippen LogP contribution < -0.4 is 11.2 Å². The van der Waals surface area contributed by atoms with E-state index in [0.717, 1.165) is 5.56 Å². The smallest absolute Gasteiger partial charge is 0.247 e. The molecule has 4 rings (SSSR count).